The van der Waals surface area contributed by atoms with E-state index in [2.05, 4.69) is 3.97 Å². The van der Waals surface area contributed by atoms with E-state index in [4.69, 9.17) is 7.91 Å². The van der Waals surface area contributed by atoms with Crippen molar-refractivity contribution in [2.24, 2.45) is 0 Å². The quantitative estimate of drug-likeness (QED) is 0.490. The van der Waals surface area contributed by atoms with Crippen molar-refractivity contribution in [2.45, 2.75) is 0 Å². The van der Waals surface area contributed by atoms with Crippen molar-refractivity contribution < 1.29 is 16.4 Å². The summed E-state index contributed by atoms with van der Waals surface area (Å²) in [6.45, 7) is 0. The molecule has 0 aliphatic rings. The number of rotatable bonds is 1. The molecule has 0 amide bonds. The van der Waals surface area contributed by atoms with Crippen LogP contribution in [-0.4, -0.2) is 19.1 Å². The second-order valence-corrected chi connectivity index (χ2v) is 1.78. The minimum absolute atomic E-state index is 2.42. The summed E-state index contributed by atoms with van der Waals surface area (Å²) in [5.41, 5.74) is 0. The van der Waals surface area contributed by atoms with Gasteiger partial charge in [0.25, 0.3) is 0 Å². The third-order valence-corrected chi connectivity index (χ3v) is 0.343. The molecule has 0 bridgehead atoms. The Kier molecular flexibility index (Phi) is 2.08. The van der Waals surface area contributed by atoms with Crippen molar-refractivity contribution in [3.8, 4) is 0 Å². The van der Waals surface area contributed by atoms with Crippen LogP contribution in [0.25, 0.3) is 0 Å². The van der Waals surface area contributed by atoms with E-state index in [0.29, 0.717) is 0 Å². The van der Waals surface area contributed by atoms with E-state index in [0.717, 1.165) is 0 Å². The molecule has 1 N–H and O–H groups in total. The van der Waals surface area contributed by atoms with Gasteiger partial charge in [0, 0.05) is 0 Å². The standard InChI is InChI=1S/FGeHO3/c1-5-2(3)4/h3H. The molecule has 5 heteroatoms. The van der Waals surface area contributed by atoms with Crippen LogP contribution in [0.2, 0.25) is 0 Å². The Morgan fingerprint density at radius 1 is 2.00 bits per heavy atom. The van der Waals surface area contributed by atoms with Crippen LogP contribution in [0.3, 0.4) is 0 Å². The van der Waals surface area contributed by atoms with Gasteiger partial charge in [0.1, 0.15) is 0 Å². The molecule has 0 rings (SSSR count). The monoisotopic (exact) mass is 142 g/mol. The van der Waals surface area contributed by atoms with Gasteiger partial charge in [0.15, 0.2) is 0 Å². The van der Waals surface area contributed by atoms with E-state index in [1.165, 1.54) is 0 Å². The van der Waals surface area contributed by atoms with Crippen LogP contribution in [0.1, 0.15) is 0 Å². The minimum atomic E-state index is -3.77. The number of halogens is 1. The molecule has 0 aliphatic carbocycles. The molecule has 0 aromatic rings. The third kappa shape index (κ3) is 3.87. The zero-order chi connectivity index (χ0) is 4.28. The van der Waals surface area contributed by atoms with E-state index in [-0.39, 0.29) is 0 Å². The van der Waals surface area contributed by atoms with E-state index in [1.807, 2.05) is 0 Å². The van der Waals surface area contributed by atoms with Gasteiger partial charge in [-0.2, -0.15) is 0 Å². The van der Waals surface area contributed by atoms with Gasteiger partial charge < -0.3 is 0 Å². The molecule has 0 radical (unpaired) electrons. The van der Waals surface area contributed by atoms with Crippen LogP contribution in [0.5, 0.6) is 0 Å². The molecule has 0 spiro atoms. The molecule has 0 unspecified atom stereocenters. The second-order valence-electron chi connectivity index (χ2n) is 0.343. The topological polar surface area (TPSA) is 46.5 Å². The summed E-state index contributed by atoms with van der Waals surface area (Å²) in [4.78, 5) is 0. The molecule has 0 fully saturated rings. The summed E-state index contributed by atoms with van der Waals surface area (Å²) in [7, 11) is 0. The molecular weight excluding hydrogens is 140 g/mol. The summed E-state index contributed by atoms with van der Waals surface area (Å²) in [6, 6.07) is 0. The molecule has 5 heavy (non-hydrogen) atoms. The maximum atomic E-state index is 10.1. The molecule has 0 aromatic carbocycles. The first-order valence-corrected chi connectivity index (χ1v) is 3.44. The first-order valence-electron chi connectivity index (χ1n) is 0.786. The maximum absolute atomic E-state index is 10.1. The van der Waals surface area contributed by atoms with Crippen molar-refractivity contribution >= 4 is 15.0 Å². The molecule has 0 saturated heterocycles. The molecule has 0 heterocycles. The normalized spacial score (nSPS) is 6.60. The first kappa shape index (κ1) is 4.87. The summed E-state index contributed by atoms with van der Waals surface area (Å²) in [5.74, 6) is 0. The average Bonchev–Trinajstić information content (AvgIpc) is 1.38. The number of hydrogen-bond acceptors (Lipinski definition) is 2. The Bertz CT molecular complexity index is 42.2. The molecule has 0 aliphatic heterocycles. The molecular formula is HFGeO3. The van der Waals surface area contributed by atoms with Gasteiger partial charge in [-0.1, -0.05) is 0 Å². The molecule has 0 atom stereocenters. The molecule has 3 nitrogen and oxygen atoms in total. The van der Waals surface area contributed by atoms with Gasteiger partial charge in [0.2, 0.25) is 0 Å². The van der Waals surface area contributed by atoms with E-state index < -0.39 is 15.0 Å². The summed E-state index contributed by atoms with van der Waals surface area (Å²) >= 11 is -3.77. The average molecular weight is 141 g/mol. The SMILES string of the molecule is [O]=[Ge]([OH])[O]F. The summed E-state index contributed by atoms with van der Waals surface area (Å²) < 4.78 is 28.9. The predicted octanol–water partition coefficient (Wildman–Crippen LogP) is -0.705. The van der Waals surface area contributed by atoms with Crippen molar-refractivity contribution in [2.75, 3.05) is 0 Å². The predicted molar refractivity (Wildman–Crippen MR) is 10.9 cm³/mol. The van der Waals surface area contributed by atoms with Crippen molar-refractivity contribution in [1.82, 2.24) is 0 Å². The Morgan fingerprint density at radius 2 is 2.20 bits per heavy atom. The fraction of sp³-hybridized carbons (Fsp3) is 0. The Morgan fingerprint density at radius 3 is 2.20 bits per heavy atom. The summed E-state index contributed by atoms with van der Waals surface area (Å²) in [6.07, 6.45) is 0. The molecule has 30 valence electrons. The van der Waals surface area contributed by atoms with Gasteiger partial charge in [0.05, 0.1) is 0 Å². The van der Waals surface area contributed by atoms with Gasteiger partial charge in [-0.05, 0) is 0 Å². The van der Waals surface area contributed by atoms with Crippen molar-refractivity contribution in [3.05, 3.63) is 0 Å². The van der Waals surface area contributed by atoms with Gasteiger partial charge >= 0.3 is 31.4 Å². The molecule has 0 saturated carbocycles. The van der Waals surface area contributed by atoms with Crippen molar-refractivity contribution in [1.29, 1.82) is 0 Å². The van der Waals surface area contributed by atoms with Crippen LogP contribution in [0.15, 0.2) is 0 Å². The van der Waals surface area contributed by atoms with Gasteiger partial charge in [-0.3, -0.25) is 0 Å². The van der Waals surface area contributed by atoms with Crippen LogP contribution >= 0.6 is 0 Å². The Hall–Kier alpha value is -0.127. The van der Waals surface area contributed by atoms with Crippen LogP contribution in [-0.2, 0) is 7.75 Å². The number of hydrogen-bond donors (Lipinski definition) is 1. The zero-order valence-electron chi connectivity index (χ0n) is 2.14. The Labute approximate surface area is 32.3 Å². The zero-order valence-corrected chi connectivity index (χ0v) is 4.24. The van der Waals surface area contributed by atoms with Crippen LogP contribution < -0.4 is 0 Å². The summed E-state index contributed by atoms with van der Waals surface area (Å²) in [5, 5.41) is 0. The first-order chi connectivity index (χ1) is 2.27. The Balaban J connectivity index is 2.85. The van der Waals surface area contributed by atoms with Crippen LogP contribution in [0, 0.1) is 0 Å². The van der Waals surface area contributed by atoms with Crippen molar-refractivity contribution in [3.63, 3.8) is 0 Å². The fourth-order valence-corrected chi connectivity index (χ4v) is 0. The van der Waals surface area contributed by atoms with E-state index in [1.54, 1.807) is 0 Å². The van der Waals surface area contributed by atoms with Gasteiger partial charge in [-0.15, -0.1) is 0 Å². The van der Waals surface area contributed by atoms with Crippen LogP contribution in [0.4, 0.5) is 4.53 Å². The van der Waals surface area contributed by atoms with E-state index in [9.17, 15) is 4.53 Å². The van der Waals surface area contributed by atoms with E-state index >= 15 is 0 Å². The second kappa shape index (κ2) is 2.13. The van der Waals surface area contributed by atoms with Gasteiger partial charge in [-0.25, -0.2) is 0 Å². The molecule has 0 aromatic heterocycles. The fourth-order valence-electron chi connectivity index (χ4n) is 0. The third-order valence-electron chi connectivity index (χ3n) is 0.0660.